The molecular weight excluding hydrogens is 352 g/mol. The highest BCUT2D eigenvalue weighted by Crippen LogP contribution is 2.64. The number of carbonyl (C=O) groups is 3. The van der Waals surface area contributed by atoms with Crippen molar-refractivity contribution in [3.63, 3.8) is 0 Å². The second kappa shape index (κ2) is 7.70. The van der Waals surface area contributed by atoms with Gasteiger partial charge >= 0.3 is 0 Å². The lowest BCUT2D eigenvalue weighted by molar-refractivity contribution is -0.146. The highest BCUT2D eigenvalue weighted by atomic mass is 16.5. The molecule has 6 atom stereocenters. The lowest BCUT2D eigenvalue weighted by Gasteiger charge is -2.55. The lowest BCUT2D eigenvalue weighted by atomic mass is 9.47. The van der Waals surface area contributed by atoms with E-state index in [0.717, 1.165) is 31.3 Å². The maximum absolute atomic E-state index is 13.4. The van der Waals surface area contributed by atoms with Gasteiger partial charge in [0.1, 0.15) is 12.4 Å². The Labute approximate surface area is 168 Å². The number of rotatable bonds is 3. The van der Waals surface area contributed by atoms with E-state index in [2.05, 4.69) is 13.8 Å². The molecule has 0 aromatic heterocycles. The number of Topliss-reactive ketones (excluding diaryl/α,β-unsaturated/α-hetero) is 2. The summed E-state index contributed by atoms with van der Waals surface area (Å²) in [6.45, 7) is 8.43. The first-order chi connectivity index (χ1) is 13.3. The van der Waals surface area contributed by atoms with Gasteiger partial charge in [-0.1, -0.05) is 39.3 Å². The number of hydrogen-bond acceptors (Lipinski definition) is 4. The molecule has 0 aliphatic heterocycles. The summed E-state index contributed by atoms with van der Waals surface area (Å²) >= 11 is 0. The minimum atomic E-state index is -0.329. The molecule has 0 radical (unpaired) electrons. The average Bonchev–Trinajstić information content (AvgIpc) is 3.00. The Kier molecular flexibility index (Phi) is 5.82. The van der Waals surface area contributed by atoms with Crippen LogP contribution in [0.2, 0.25) is 0 Å². The van der Waals surface area contributed by atoms with E-state index in [1.807, 2.05) is 19.9 Å². The Hall–Kier alpha value is -1.55. The third-order valence-corrected chi connectivity index (χ3v) is 7.93. The van der Waals surface area contributed by atoms with E-state index in [4.69, 9.17) is 4.74 Å². The van der Waals surface area contributed by atoms with E-state index in [1.165, 1.54) is 0 Å². The van der Waals surface area contributed by atoms with Crippen LogP contribution in [0.4, 0.5) is 0 Å². The highest BCUT2D eigenvalue weighted by Gasteiger charge is 2.62. The Morgan fingerprint density at radius 1 is 1.18 bits per heavy atom. The number of ether oxygens (including phenoxy) is 1. The summed E-state index contributed by atoms with van der Waals surface area (Å²) in [5.74, 6) is 1.05. The van der Waals surface area contributed by atoms with Crippen molar-refractivity contribution >= 4 is 17.3 Å². The molecule has 0 saturated heterocycles. The number of fused-ring (bicyclic) bond motifs is 5. The molecule has 4 aliphatic rings. The second-order valence-corrected chi connectivity index (χ2v) is 9.15. The van der Waals surface area contributed by atoms with E-state index in [9.17, 15) is 14.4 Å². The summed E-state index contributed by atoms with van der Waals surface area (Å²) in [6, 6.07) is 0. The molecule has 6 unspecified atom stereocenters. The van der Waals surface area contributed by atoms with Crippen LogP contribution in [0.25, 0.3) is 0 Å². The zero-order chi connectivity index (χ0) is 20.7. The second-order valence-electron chi connectivity index (χ2n) is 9.15. The number of ketones is 3. The molecule has 4 rings (SSSR count). The first-order valence-corrected chi connectivity index (χ1v) is 10.8. The van der Waals surface area contributed by atoms with Crippen LogP contribution in [0.15, 0.2) is 23.8 Å². The molecule has 0 spiro atoms. The molecule has 0 amide bonds. The van der Waals surface area contributed by atoms with Crippen molar-refractivity contribution in [2.75, 3.05) is 13.7 Å². The van der Waals surface area contributed by atoms with E-state index in [0.29, 0.717) is 18.3 Å². The van der Waals surface area contributed by atoms with Crippen LogP contribution in [-0.4, -0.2) is 31.1 Å². The summed E-state index contributed by atoms with van der Waals surface area (Å²) in [4.78, 5) is 37.8. The van der Waals surface area contributed by atoms with E-state index in [-0.39, 0.29) is 46.6 Å². The van der Waals surface area contributed by atoms with Gasteiger partial charge in [0.15, 0.2) is 11.6 Å². The van der Waals surface area contributed by atoms with Gasteiger partial charge in [0, 0.05) is 30.8 Å². The zero-order valence-corrected chi connectivity index (χ0v) is 17.9. The van der Waals surface area contributed by atoms with Crippen LogP contribution in [0.3, 0.4) is 0 Å². The molecule has 154 valence electrons. The predicted octanol–water partition coefficient (Wildman–Crippen LogP) is 4.33. The van der Waals surface area contributed by atoms with Crippen molar-refractivity contribution < 1.29 is 19.1 Å². The van der Waals surface area contributed by atoms with Crippen molar-refractivity contribution in [2.45, 2.75) is 59.8 Å². The number of hydrogen-bond donors (Lipinski definition) is 0. The predicted molar refractivity (Wildman–Crippen MR) is 109 cm³/mol. The van der Waals surface area contributed by atoms with Gasteiger partial charge < -0.3 is 4.74 Å². The largest absolute Gasteiger partial charge is 0.377 e. The summed E-state index contributed by atoms with van der Waals surface area (Å²) in [7, 11) is 1.56. The molecule has 28 heavy (non-hydrogen) atoms. The van der Waals surface area contributed by atoms with Crippen LogP contribution in [0.1, 0.15) is 59.8 Å². The maximum Gasteiger partial charge on any atom is 0.178 e. The first kappa shape index (κ1) is 21.2. The monoisotopic (exact) mass is 386 g/mol. The normalized spacial score (nSPS) is 41.2. The van der Waals surface area contributed by atoms with Crippen molar-refractivity contribution in [1.82, 2.24) is 0 Å². The quantitative estimate of drug-likeness (QED) is 0.724. The Balaban J connectivity index is 0.00000109. The minimum Gasteiger partial charge on any atom is -0.377 e. The third-order valence-electron chi connectivity index (χ3n) is 7.93. The lowest BCUT2D eigenvalue weighted by Crippen LogP contribution is -2.54. The molecule has 0 bridgehead atoms. The molecule has 0 N–H and O–H groups in total. The van der Waals surface area contributed by atoms with E-state index in [1.54, 1.807) is 19.3 Å². The van der Waals surface area contributed by atoms with Crippen LogP contribution in [0, 0.1) is 34.5 Å². The van der Waals surface area contributed by atoms with Gasteiger partial charge in [0.2, 0.25) is 0 Å². The fourth-order valence-corrected chi connectivity index (χ4v) is 6.80. The molecule has 0 aromatic carbocycles. The van der Waals surface area contributed by atoms with Crippen molar-refractivity contribution in [1.29, 1.82) is 0 Å². The fraction of sp³-hybridized carbons (Fsp3) is 0.708. The summed E-state index contributed by atoms with van der Waals surface area (Å²) in [5, 5.41) is 0. The van der Waals surface area contributed by atoms with Gasteiger partial charge in [-0.25, -0.2) is 0 Å². The Bertz CT molecular complexity index is 733. The standard InChI is InChI=1S/C22H28O4.C2H6/c1-21-9-8-14(23)10-13(21)4-5-15-16-6-7-17(19(25)12-26-3)22(16,2)11-18(24)20(15)21;1-2/h8-10,15-17,20H,4-7,11-12H2,1-3H3;1-2H3. The third kappa shape index (κ3) is 3.04. The van der Waals surface area contributed by atoms with E-state index >= 15 is 0 Å². The Morgan fingerprint density at radius 3 is 2.57 bits per heavy atom. The summed E-state index contributed by atoms with van der Waals surface area (Å²) in [5.41, 5.74) is 0.553. The molecule has 3 fully saturated rings. The maximum atomic E-state index is 13.4. The van der Waals surface area contributed by atoms with Gasteiger partial charge in [-0.3, -0.25) is 14.4 Å². The van der Waals surface area contributed by atoms with Gasteiger partial charge in [-0.2, -0.15) is 0 Å². The van der Waals surface area contributed by atoms with Gasteiger partial charge in [-0.15, -0.1) is 0 Å². The first-order valence-electron chi connectivity index (χ1n) is 10.8. The van der Waals surface area contributed by atoms with Crippen molar-refractivity contribution in [3.8, 4) is 0 Å². The smallest absolute Gasteiger partial charge is 0.178 e. The topological polar surface area (TPSA) is 60.4 Å². The molecule has 4 aliphatic carbocycles. The van der Waals surface area contributed by atoms with Gasteiger partial charge in [0.05, 0.1) is 0 Å². The SMILES string of the molecule is CC.COCC(=O)C1CCC2C3CCC4=CC(=O)C=CC4(C)C3C(=O)CC12C. The molecular formula is C24H34O4. The Morgan fingerprint density at radius 2 is 1.89 bits per heavy atom. The summed E-state index contributed by atoms with van der Waals surface area (Å²) in [6.07, 6.45) is 9.54. The van der Waals surface area contributed by atoms with Crippen molar-refractivity contribution in [2.24, 2.45) is 34.5 Å². The van der Waals surface area contributed by atoms with Crippen LogP contribution in [0.5, 0.6) is 0 Å². The van der Waals surface area contributed by atoms with Crippen molar-refractivity contribution in [3.05, 3.63) is 23.8 Å². The van der Waals surface area contributed by atoms with E-state index < -0.39 is 0 Å². The van der Waals surface area contributed by atoms with Gasteiger partial charge in [0.25, 0.3) is 0 Å². The van der Waals surface area contributed by atoms with Crippen LogP contribution >= 0.6 is 0 Å². The highest BCUT2D eigenvalue weighted by molar-refractivity contribution is 6.01. The average molecular weight is 387 g/mol. The van der Waals surface area contributed by atoms with Gasteiger partial charge in [-0.05, 0) is 55.1 Å². The molecule has 3 saturated carbocycles. The van der Waals surface area contributed by atoms with Crippen LogP contribution in [-0.2, 0) is 19.1 Å². The number of carbonyl (C=O) groups excluding carboxylic acids is 3. The number of methoxy groups -OCH3 is 1. The number of allylic oxidation sites excluding steroid dienone is 4. The van der Waals surface area contributed by atoms with Crippen LogP contribution < -0.4 is 0 Å². The zero-order valence-electron chi connectivity index (χ0n) is 17.9. The molecule has 0 heterocycles. The molecule has 4 heteroatoms. The fourth-order valence-electron chi connectivity index (χ4n) is 6.80. The minimum absolute atomic E-state index is 0.0371. The summed E-state index contributed by atoms with van der Waals surface area (Å²) < 4.78 is 5.09. The molecule has 0 aromatic rings. The molecule has 4 nitrogen and oxygen atoms in total.